The van der Waals surface area contributed by atoms with Gasteiger partial charge in [0.25, 0.3) is 0 Å². The van der Waals surface area contributed by atoms with E-state index in [0.29, 0.717) is 13.0 Å². The van der Waals surface area contributed by atoms with Gasteiger partial charge >= 0.3 is 0 Å². The van der Waals surface area contributed by atoms with Crippen LogP contribution in [0, 0.1) is 0 Å². The van der Waals surface area contributed by atoms with E-state index in [0.717, 1.165) is 33.4 Å². The Bertz CT molecular complexity index is 1330. The van der Waals surface area contributed by atoms with Gasteiger partial charge in [0.05, 0.1) is 35.7 Å². The minimum atomic E-state index is -0.328. The first-order valence-corrected chi connectivity index (χ1v) is 11.4. The van der Waals surface area contributed by atoms with Gasteiger partial charge in [-0.2, -0.15) is 5.10 Å². The third kappa shape index (κ3) is 4.73. The van der Waals surface area contributed by atoms with E-state index < -0.39 is 0 Å². The van der Waals surface area contributed by atoms with Crippen molar-refractivity contribution in [3.05, 3.63) is 102 Å². The molecule has 7 heteroatoms. The Kier molecular flexibility index (Phi) is 6.16. The van der Waals surface area contributed by atoms with Gasteiger partial charge in [-0.3, -0.25) is 9.59 Å². The van der Waals surface area contributed by atoms with E-state index in [1.165, 1.54) is 5.01 Å². The van der Waals surface area contributed by atoms with Crippen molar-refractivity contribution in [1.82, 2.24) is 20.3 Å². The number of aromatic nitrogens is 2. The Labute approximate surface area is 197 Å². The zero-order chi connectivity index (χ0) is 23.3. The maximum atomic E-state index is 12.9. The number of hydrogen-bond donors (Lipinski definition) is 2. The van der Waals surface area contributed by atoms with E-state index >= 15 is 0 Å². The van der Waals surface area contributed by atoms with E-state index in [2.05, 4.69) is 20.4 Å². The number of carbonyl (C=O) groups is 2. The molecule has 3 aromatic carbocycles. The molecule has 0 bridgehead atoms. The SMILES string of the molecule is O=C(CCC(=O)N1CCC(c2ccccc2)=N1)NC(c1ccccc1)c1ccc2nc[nH]c2c1. The lowest BCUT2D eigenvalue weighted by Crippen LogP contribution is -2.31. The average Bonchev–Trinajstić information content (AvgIpc) is 3.56. The summed E-state index contributed by atoms with van der Waals surface area (Å²) in [5.41, 5.74) is 5.61. The quantitative estimate of drug-likeness (QED) is 0.442. The first-order chi connectivity index (χ1) is 16.7. The number of aromatic amines is 1. The molecular weight excluding hydrogens is 426 g/mol. The van der Waals surface area contributed by atoms with Crippen LogP contribution in [0.2, 0.25) is 0 Å². The molecule has 0 saturated carbocycles. The highest BCUT2D eigenvalue weighted by molar-refractivity contribution is 6.02. The highest BCUT2D eigenvalue weighted by Gasteiger charge is 2.23. The molecule has 170 valence electrons. The molecule has 2 heterocycles. The van der Waals surface area contributed by atoms with Gasteiger partial charge in [-0.15, -0.1) is 0 Å². The fourth-order valence-corrected chi connectivity index (χ4v) is 4.19. The largest absolute Gasteiger partial charge is 0.345 e. The zero-order valence-corrected chi connectivity index (χ0v) is 18.6. The van der Waals surface area contributed by atoms with E-state index in [-0.39, 0.29) is 30.7 Å². The second-order valence-electron chi connectivity index (χ2n) is 8.27. The Balaban J connectivity index is 1.25. The van der Waals surface area contributed by atoms with E-state index in [4.69, 9.17) is 0 Å². The predicted molar refractivity (Wildman–Crippen MR) is 131 cm³/mol. The van der Waals surface area contributed by atoms with Crippen LogP contribution in [0.15, 0.2) is 90.3 Å². The molecule has 1 aliphatic heterocycles. The van der Waals surface area contributed by atoms with Crippen molar-refractivity contribution in [3.63, 3.8) is 0 Å². The Hall–Kier alpha value is -4.26. The van der Waals surface area contributed by atoms with Gasteiger partial charge in [-0.05, 0) is 28.8 Å². The number of hydrogen-bond acceptors (Lipinski definition) is 4. The van der Waals surface area contributed by atoms with Gasteiger partial charge in [-0.25, -0.2) is 9.99 Å². The minimum absolute atomic E-state index is 0.0984. The number of hydrazone groups is 1. The monoisotopic (exact) mass is 451 g/mol. The van der Waals surface area contributed by atoms with Gasteiger partial charge in [0.15, 0.2) is 0 Å². The summed E-state index contributed by atoms with van der Waals surface area (Å²) in [5, 5.41) is 9.07. The molecule has 1 aliphatic rings. The summed E-state index contributed by atoms with van der Waals surface area (Å²) in [5.74, 6) is -0.324. The van der Waals surface area contributed by atoms with E-state index in [1.807, 2.05) is 78.9 Å². The van der Waals surface area contributed by atoms with Crippen molar-refractivity contribution in [1.29, 1.82) is 0 Å². The summed E-state index contributed by atoms with van der Waals surface area (Å²) in [4.78, 5) is 33.0. The lowest BCUT2D eigenvalue weighted by atomic mass is 9.98. The number of nitrogens with one attached hydrogen (secondary N) is 2. The fourth-order valence-electron chi connectivity index (χ4n) is 4.19. The molecule has 0 fully saturated rings. The standard InChI is InChI=1S/C27H25N5O2/c33-25(13-14-26(34)32-16-15-22(31-32)19-7-3-1-4-8-19)30-27(20-9-5-2-6-10-20)21-11-12-23-24(17-21)29-18-28-23/h1-12,17-18,27H,13-16H2,(H,28,29)(H,30,33). The molecule has 2 N–H and O–H groups in total. The number of fused-ring (bicyclic) bond motifs is 1. The average molecular weight is 452 g/mol. The summed E-state index contributed by atoms with van der Waals surface area (Å²) in [6, 6.07) is 25.2. The molecule has 1 unspecified atom stereocenters. The number of amides is 2. The number of imidazole rings is 1. The number of nitrogens with zero attached hydrogens (tertiary/aromatic N) is 3. The topological polar surface area (TPSA) is 90.4 Å². The highest BCUT2D eigenvalue weighted by Crippen LogP contribution is 2.25. The number of carbonyl (C=O) groups excluding carboxylic acids is 2. The van der Waals surface area contributed by atoms with Crippen molar-refractivity contribution >= 4 is 28.6 Å². The molecule has 1 aromatic heterocycles. The minimum Gasteiger partial charge on any atom is -0.345 e. The molecule has 2 amide bonds. The van der Waals surface area contributed by atoms with Crippen LogP contribution in [0.4, 0.5) is 0 Å². The Morgan fingerprint density at radius 1 is 0.941 bits per heavy atom. The summed E-state index contributed by atoms with van der Waals surface area (Å²) in [6.45, 7) is 0.543. The van der Waals surface area contributed by atoms with Crippen LogP contribution in [0.25, 0.3) is 11.0 Å². The van der Waals surface area contributed by atoms with Crippen LogP contribution in [0.5, 0.6) is 0 Å². The second kappa shape index (κ2) is 9.70. The molecule has 5 rings (SSSR count). The van der Waals surface area contributed by atoms with Crippen LogP contribution in [-0.2, 0) is 9.59 Å². The third-order valence-corrected chi connectivity index (χ3v) is 5.98. The normalized spacial score (nSPS) is 14.1. The molecule has 0 spiro atoms. The summed E-state index contributed by atoms with van der Waals surface area (Å²) < 4.78 is 0. The summed E-state index contributed by atoms with van der Waals surface area (Å²) in [7, 11) is 0. The van der Waals surface area contributed by atoms with Crippen molar-refractivity contribution in [3.8, 4) is 0 Å². The lowest BCUT2D eigenvalue weighted by Gasteiger charge is -2.20. The van der Waals surface area contributed by atoms with Crippen LogP contribution in [0.3, 0.4) is 0 Å². The molecule has 4 aromatic rings. The van der Waals surface area contributed by atoms with E-state index in [9.17, 15) is 9.59 Å². The molecule has 0 aliphatic carbocycles. The first kappa shape index (κ1) is 21.6. The van der Waals surface area contributed by atoms with Gasteiger partial charge in [0.2, 0.25) is 11.8 Å². The highest BCUT2D eigenvalue weighted by atomic mass is 16.2. The van der Waals surface area contributed by atoms with Crippen molar-refractivity contribution in [2.75, 3.05) is 6.54 Å². The number of H-pyrrole nitrogens is 1. The van der Waals surface area contributed by atoms with Gasteiger partial charge in [-0.1, -0.05) is 66.7 Å². The number of benzene rings is 3. The molecule has 0 radical (unpaired) electrons. The zero-order valence-electron chi connectivity index (χ0n) is 18.6. The molecule has 0 saturated heterocycles. The summed E-state index contributed by atoms with van der Waals surface area (Å²) in [6.07, 6.45) is 2.58. The first-order valence-electron chi connectivity index (χ1n) is 11.4. The molecular formula is C27H25N5O2. The summed E-state index contributed by atoms with van der Waals surface area (Å²) >= 11 is 0. The van der Waals surface area contributed by atoms with Crippen LogP contribution < -0.4 is 5.32 Å². The van der Waals surface area contributed by atoms with E-state index in [1.54, 1.807) is 6.33 Å². The van der Waals surface area contributed by atoms with Gasteiger partial charge < -0.3 is 10.3 Å². The smallest absolute Gasteiger partial charge is 0.243 e. The van der Waals surface area contributed by atoms with Gasteiger partial charge in [0.1, 0.15) is 0 Å². The van der Waals surface area contributed by atoms with Crippen molar-refractivity contribution in [2.24, 2.45) is 5.10 Å². The Morgan fingerprint density at radius 3 is 2.50 bits per heavy atom. The van der Waals surface area contributed by atoms with Crippen LogP contribution in [0.1, 0.15) is 42.0 Å². The van der Waals surface area contributed by atoms with Crippen LogP contribution >= 0.6 is 0 Å². The van der Waals surface area contributed by atoms with Crippen molar-refractivity contribution < 1.29 is 9.59 Å². The number of rotatable bonds is 7. The predicted octanol–water partition coefficient (Wildman–Crippen LogP) is 4.19. The van der Waals surface area contributed by atoms with Gasteiger partial charge in [0, 0.05) is 19.3 Å². The maximum absolute atomic E-state index is 12.9. The van der Waals surface area contributed by atoms with Crippen LogP contribution in [-0.4, -0.2) is 39.0 Å². The molecule has 7 nitrogen and oxygen atoms in total. The fraction of sp³-hybridized carbons (Fsp3) is 0.185. The third-order valence-electron chi connectivity index (χ3n) is 5.98. The second-order valence-corrected chi connectivity index (χ2v) is 8.27. The van der Waals surface area contributed by atoms with Crippen molar-refractivity contribution in [2.45, 2.75) is 25.3 Å². The molecule has 1 atom stereocenters. The Morgan fingerprint density at radius 2 is 1.71 bits per heavy atom. The lowest BCUT2D eigenvalue weighted by molar-refractivity contribution is -0.133. The maximum Gasteiger partial charge on any atom is 0.243 e. The molecule has 34 heavy (non-hydrogen) atoms.